The van der Waals surface area contributed by atoms with Crippen molar-refractivity contribution in [2.75, 3.05) is 0 Å². The van der Waals surface area contributed by atoms with Gasteiger partial charge in [0, 0.05) is 28.9 Å². The lowest BCUT2D eigenvalue weighted by atomic mass is 10.1. The fourth-order valence-electron chi connectivity index (χ4n) is 2.82. The zero-order valence-corrected chi connectivity index (χ0v) is 17.6. The van der Waals surface area contributed by atoms with Crippen LogP contribution in [0.25, 0.3) is 0 Å². The molecule has 1 amide bonds. The van der Waals surface area contributed by atoms with Gasteiger partial charge in [0.25, 0.3) is 5.91 Å². The molecule has 0 aliphatic heterocycles. The number of rotatable bonds is 6. The van der Waals surface area contributed by atoms with Crippen LogP contribution in [0.5, 0.6) is 5.75 Å². The lowest BCUT2D eigenvalue weighted by Gasteiger charge is -2.08. The predicted octanol–water partition coefficient (Wildman–Crippen LogP) is 4.34. The van der Waals surface area contributed by atoms with Gasteiger partial charge in [0.2, 0.25) is 0 Å². The van der Waals surface area contributed by atoms with Crippen molar-refractivity contribution in [3.05, 3.63) is 81.1 Å². The van der Waals surface area contributed by atoms with Gasteiger partial charge in [-0.25, -0.2) is 5.43 Å². The molecule has 0 fully saturated rings. The zero-order valence-electron chi connectivity index (χ0n) is 16.9. The SMILES string of the molecule is Cc1cc(OCc2ccc(C(=O)N/N=C\c3c(C)nn(C)c3C)cc2)ccc1Cl. The standard InChI is InChI=1S/C22H23ClN4O2/c1-14-11-19(9-10-21(14)23)29-13-17-5-7-18(8-6-17)22(28)25-24-12-20-15(2)26-27(4)16(20)3/h5-12H,13H2,1-4H3,(H,25,28)/b24-12-. The predicted molar refractivity (Wildman–Crippen MR) is 115 cm³/mol. The maximum atomic E-state index is 12.3. The summed E-state index contributed by atoms with van der Waals surface area (Å²) in [6, 6.07) is 12.8. The minimum absolute atomic E-state index is 0.277. The molecule has 0 saturated heterocycles. The van der Waals surface area contributed by atoms with Crippen molar-refractivity contribution in [3.8, 4) is 5.75 Å². The maximum Gasteiger partial charge on any atom is 0.271 e. The molecule has 7 heteroatoms. The van der Waals surface area contributed by atoms with Gasteiger partial charge in [-0.15, -0.1) is 0 Å². The highest BCUT2D eigenvalue weighted by atomic mass is 35.5. The van der Waals surface area contributed by atoms with Gasteiger partial charge >= 0.3 is 0 Å². The molecule has 1 aromatic heterocycles. The Morgan fingerprint density at radius 3 is 2.55 bits per heavy atom. The third-order valence-corrected chi connectivity index (χ3v) is 5.10. The highest BCUT2D eigenvalue weighted by Crippen LogP contribution is 2.22. The lowest BCUT2D eigenvalue weighted by Crippen LogP contribution is -2.17. The van der Waals surface area contributed by atoms with Gasteiger partial charge in [0.05, 0.1) is 11.9 Å². The van der Waals surface area contributed by atoms with Crippen molar-refractivity contribution in [2.24, 2.45) is 12.1 Å². The third-order valence-electron chi connectivity index (χ3n) is 4.68. The summed E-state index contributed by atoms with van der Waals surface area (Å²) in [7, 11) is 1.87. The van der Waals surface area contributed by atoms with E-state index in [-0.39, 0.29) is 5.91 Å². The van der Waals surface area contributed by atoms with Crippen molar-refractivity contribution >= 4 is 23.7 Å². The second-order valence-corrected chi connectivity index (χ2v) is 7.21. The van der Waals surface area contributed by atoms with E-state index in [1.165, 1.54) is 0 Å². The van der Waals surface area contributed by atoms with E-state index in [0.29, 0.717) is 17.2 Å². The first-order valence-corrected chi connectivity index (χ1v) is 9.54. The Balaban J connectivity index is 1.57. The first kappa shape index (κ1) is 20.6. The summed E-state index contributed by atoms with van der Waals surface area (Å²) in [5, 5.41) is 9.08. The third kappa shape index (κ3) is 5.03. The molecule has 0 spiro atoms. The van der Waals surface area contributed by atoms with Crippen LogP contribution in [-0.4, -0.2) is 21.9 Å². The van der Waals surface area contributed by atoms with E-state index in [0.717, 1.165) is 33.8 Å². The van der Waals surface area contributed by atoms with E-state index in [1.54, 1.807) is 23.0 Å². The summed E-state index contributed by atoms with van der Waals surface area (Å²) in [5.41, 5.74) is 7.75. The Morgan fingerprint density at radius 1 is 1.21 bits per heavy atom. The first-order valence-electron chi connectivity index (χ1n) is 9.16. The Labute approximate surface area is 175 Å². The summed E-state index contributed by atoms with van der Waals surface area (Å²) >= 11 is 6.02. The molecule has 3 rings (SSSR count). The minimum atomic E-state index is -0.277. The summed E-state index contributed by atoms with van der Waals surface area (Å²) < 4.78 is 7.56. The van der Waals surface area contributed by atoms with Crippen LogP contribution in [0.15, 0.2) is 47.6 Å². The van der Waals surface area contributed by atoms with Crippen molar-refractivity contribution in [2.45, 2.75) is 27.4 Å². The smallest absolute Gasteiger partial charge is 0.271 e. The van der Waals surface area contributed by atoms with E-state index in [9.17, 15) is 4.79 Å². The van der Waals surface area contributed by atoms with Gasteiger partial charge < -0.3 is 4.74 Å². The number of nitrogens with one attached hydrogen (secondary N) is 1. The maximum absolute atomic E-state index is 12.3. The van der Waals surface area contributed by atoms with Gasteiger partial charge in [0.1, 0.15) is 12.4 Å². The van der Waals surface area contributed by atoms with Crippen LogP contribution in [0.3, 0.4) is 0 Å². The number of carbonyl (C=O) groups is 1. The molecule has 0 aliphatic rings. The Bertz CT molecular complexity index is 1060. The molecule has 0 aliphatic carbocycles. The average molecular weight is 411 g/mol. The zero-order chi connectivity index (χ0) is 21.0. The second kappa shape index (κ2) is 8.92. The van der Waals surface area contributed by atoms with Crippen LogP contribution >= 0.6 is 11.6 Å². The number of aromatic nitrogens is 2. The molecule has 0 unspecified atom stereocenters. The normalized spacial score (nSPS) is 11.1. The molecule has 0 bridgehead atoms. The molecule has 29 heavy (non-hydrogen) atoms. The van der Waals surface area contributed by atoms with Crippen molar-refractivity contribution < 1.29 is 9.53 Å². The number of nitrogens with zero attached hydrogens (tertiary/aromatic N) is 3. The van der Waals surface area contributed by atoms with Gasteiger partial charge in [-0.3, -0.25) is 9.48 Å². The second-order valence-electron chi connectivity index (χ2n) is 6.80. The van der Waals surface area contributed by atoms with Crippen molar-refractivity contribution in [1.82, 2.24) is 15.2 Å². The number of hydrogen-bond donors (Lipinski definition) is 1. The summed E-state index contributed by atoms with van der Waals surface area (Å²) in [4.78, 5) is 12.3. The Hall–Kier alpha value is -3.12. The molecule has 3 aromatic rings. The van der Waals surface area contributed by atoms with Crippen LogP contribution in [0, 0.1) is 20.8 Å². The number of hydrazone groups is 1. The number of amides is 1. The topological polar surface area (TPSA) is 68.5 Å². The van der Waals surface area contributed by atoms with Crippen LogP contribution < -0.4 is 10.2 Å². The van der Waals surface area contributed by atoms with Crippen LogP contribution in [0.4, 0.5) is 0 Å². The number of carbonyl (C=O) groups excluding carboxylic acids is 1. The quantitative estimate of drug-likeness (QED) is 0.485. The minimum Gasteiger partial charge on any atom is -0.489 e. The van der Waals surface area contributed by atoms with E-state index < -0.39 is 0 Å². The van der Waals surface area contributed by atoms with Crippen LogP contribution in [0.2, 0.25) is 5.02 Å². The number of halogens is 1. The summed E-state index contributed by atoms with van der Waals surface area (Å²) in [6.07, 6.45) is 1.62. The molecule has 6 nitrogen and oxygen atoms in total. The number of aryl methyl sites for hydroxylation is 3. The molecule has 0 atom stereocenters. The monoisotopic (exact) mass is 410 g/mol. The van der Waals surface area contributed by atoms with Crippen molar-refractivity contribution in [1.29, 1.82) is 0 Å². The van der Waals surface area contributed by atoms with E-state index in [4.69, 9.17) is 16.3 Å². The van der Waals surface area contributed by atoms with Gasteiger partial charge in [-0.2, -0.15) is 10.2 Å². The van der Waals surface area contributed by atoms with Crippen LogP contribution in [-0.2, 0) is 13.7 Å². The van der Waals surface area contributed by atoms with E-state index in [2.05, 4.69) is 15.6 Å². The highest BCUT2D eigenvalue weighted by molar-refractivity contribution is 6.31. The van der Waals surface area contributed by atoms with Crippen molar-refractivity contribution in [3.63, 3.8) is 0 Å². The largest absolute Gasteiger partial charge is 0.489 e. The molecule has 0 radical (unpaired) electrons. The Kier molecular flexibility index (Phi) is 6.34. The average Bonchev–Trinajstić information content (AvgIpc) is 2.95. The lowest BCUT2D eigenvalue weighted by molar-refractivity contribution is 0.0955. The molecular formula is C22H23ClN4O2. The molecule has 150 valence electrons. The fraction of sp³-hybridized carbons (Fsp3) is 0.227. The summed E-state index contributed by atoms with van der Waals surface area (Å²) in [6.45, 7) is 6.19. The fourth-order valence-corrected chi connectivity index (χ4v) is 2.94. The van der Waals surface area contributed by atoms with E-state index >= 15 is 0 Å². The molecule has 0 saturated carbocycles. The highest BCUT2D eigenvalue weighted by Gasteiger charge is 2.08. The molecular weight excluding hydrogens is 388 g/mol. The van der Waals surface area contributed by atoms with Crippen LogP contribution in [0.1, 0.15) is 38.4 Å². The molecule has 1 heterocycles. The summed E-state index contributed by atoms with van der Waals surface area (Å²) in [5.74, 6) is 0.477. The molecule has 1 N–H and O–H groups in total. The number of ether oxygens (including phenoxy) is 1. The van der Waals surface area contributed by atoms with E-state index in [1.807, 2.05) is 58.2 Å². The van der Waals surface area contributed by atoms with Gasteiger partial charge in [0.15, 0.2) is 0 Å². The number of hydrogen-bond acceptors (Lipinski definition) is 4. The van der Waals surface area contributed by atoms with Gasteiger partial charge in [-0.1, -0.05) is 23.7 Å². The Morgan fingerprint density at radius 2 is 1.93 bits per heavy atom. The van der Waals surface area contributed by atoms with Gasteiger partial charge in [-0.05, 0) is 62.2 Å². The first-order chi connectivity index (χ1) is 13.8. The molecule has 2 aromatic carbocycles. The number of benzene rings is 2.